The molecule has 2 aromatic rings. The van der Waals surface area contributed by atoms with Crippen molar-refractivity contribution in [2.24, 2.45) is 0 Å². The largest absolute Gasteiger partial charge is 0.504 e. The molecule has 5 nitrogen and oxygen atoms in total. The van der Waals surface area contributed by atoms with Gasteiger partial charge in [-0.1, -0.05) is 6.07 Å². The molecule has 0 spiro atoms. The van der Waals surface area contributed by atoms with Crippen LogP contribution < -0.4 is 5.32 Å². The second kappa shape index (κ2) is 5.39. The summed E-state index contributed by atoms with van der Waals surface area (Å²) in [5.74, 6) is -1.22. The van der Waals surface area contributed by atoms with Crippen molar-refractivity contribution in [1.29, 1.82) is 0 Å². The topological polar surface area (TPSA) is 82.5 Å². The summed E-state index contributed by atoms with van der Waals surface area (Å²) in [5.41, 5.74) is 1.36. The Hall–Kier alpha value is -2.56. The Morgan fingerprint density at radius 1 is 1.11 bits per heavy atom. The van der Waals surface area contributed by atoms with Gasteiger partial charge in [-0.05, 0) is 35.4 Å². The minimum absolute atomic E-state index is 0.198. The first-order chi connectivity index (χ1) is 9.13. The molecule has 1 amide bonds. The molecule has 1 heterocycles. The number of phenolic OH excluding ortho intramolecular Hbond substituents is 2. The van der Waals surface area contributed by atoms with Gasteiger partial charge in [-0.15, -0.1) is 0 Å². The summed E-state index contributed by atoms with van der Waals surface area (Å²) in [4.78, 5) is 16.0. The molecule has 5 heteroatoms. The summed E-state index contributed by atoms with van der Waals surface area (Å²) in [7, 11) is 1.55. The number of rotatable bonds is 3. The van der Waals surface area contributed by atoms with E-state index >= 15 is 0 Å². The molecule has 1 aromatic carbocycles. The van der Waals surface area contributed by atoms with E-state index in [1.165, 1.54) is 12.1 Å². The third-order valence-electron chi connectivity index (χ3n) is 2.88. The third-order valence-corrected chi connectivity index (χ3v) is 2.88. The van der Waals surface area contributed by atoms with Gasteiger partial charge in [0.05, 0.1) is 5.92 Å². The van der Waals surface area contributed by atoms with Gasteiger partial charge in [-0.2, -0.15) is 0 Å². The number of hydrogen-bond donors (Lipinski definition) is 3. The van der Waals surface area contributed by atoms with Crippen LogP contribution in [0.5, 0.6) is 11.5 Å². The van der Waals surface area contributed by atoms with Crippen LogP contribution in [0.3, 0.4) is 0 Å². The number of carbonyl (C=O) groups is 1. The quantitative estimate of drug-likeness (QED) is 0.726. The number of likely N-dealkylation sites (N-methyl/N-ethyl adjacent to an activating group) is 1. The van der Waals surface area contributed by atoms with Crippen molar-refractivity contribution >= 4 is 5.91 Å². The Morgan fingerprint density at radius 3 is 2.37 bits per heavy atom. The van der Waals surface area contributed by atoms with Crippen LogP contribution >= 0.6 is 0 Å². The number of nitrogens with one attached hydrogen (secondary N) is 1. The Kier molecular flexibility index (Phi) is 3.66. The Bertz CT molecular complexity index is 584. The zero-order valence-corrected chi connectivity index (χ0v) is 10.4. The van der Waals surface area contributed by atoms with Crippen LogP contribution in [0.15, 0.2) is 42.7 Å². The lowest BCUT2D eigenvalue weighted by Gasteiger charge is -2.16. The highest BCUT2D eigenvalue weighted by molar-refractivity contribution is 5.87. The summed E-state index contributed by atoms with van der Waals surface area (Å²) in [5, 5.41) is 21.5. The lowest BCUT2D eigenvalue weighted by Crippen LogP contribution is -2.26. The molecular weight excluding hydrogens is 244 g/mol. The number of benzene rings is 1. The first kappa shape index (κ1) is 12.9. The van der Waals surface area contributed by atoms with Crippen LogP contribution in [0.4, 0.5) is 0 Å². The molecule has 1 atom stereocenters. The van der Waals surface area contributed by atoms with E-state index in [-0.39, 0.29) is 17.4 Å². The summed E-state index contributed by atoms with van der Waals surface area (Å²) in [6.07, 6.45) is 3.21. The molecule has 0 aliphatic heterocycles. The van der Waals surface area contributed by atoms with Gasteiger partial charge in [-0.25, -0.2) is 0 Å². The number of hydrogen-bond acceptors (Lipinski definition) is 4. The maximum absolute atomic E-state index is 12.0. The molecule has 2 rings (SSSR count). The standard InChI is InChI=1S/C14H14N2O3/c1-15-14(19)13(9-4-6-16-7-5-9)10-2-3-11(17)12(18)8-10/h2-8,13,17-18H,1H3,(H,15,19). The number of pyridine rings is 1. The molecule has 3 N–H and O–H groups in total. The molecule has 0 aliphatic rings. The smallest absolute Gasteiger partial charge is 0.231 e. The minimum atomic E-state index is -0.556. The van der Waals surface area contributed by atoms with Crippen molar-refractivity contribution in [2.75, 3.05) is 7.05 Å². The van der Waals surface area contributed by atoms with Crippen LogP contribution in [-0.4, -0.2) is 28.2 Å². The Balaban J connectivity index is 2.49. The van der Waals surface area contributed by atoms with Gasteiger partial charge in [-0.3, -0.25) is 9.78 Å². The number of amides is 1. The number of carbonyl (C=O) groups excluding carboxylic acids is 1. The van der Waals surface area contributed by atoms with Crippen LogP contribution in [0, 0.1) is 0 Å². The molecule has 0 radical (unpaired) electrons. The fraction of sp³-hybridized carbons (Fsp3) is 0.143. The summed E-state index contributed by atoms with van der Waals surface area (Å²) in [6, 6.07) is 7.83. The average Bonchev–Trinajstić information content (AvgIpc) is 2.44. The van der Waals surface area contributed by atoms with E-state index in [4.69, 9.17) is 0 Å². The van der Waals surface area contributed by atoms with E-state index in [0.717, 1.165) is 5.56 Å². The van der Waals surface area contributed by atoms with Gasteiger partial charge in [0.15, 0.2) is 11.5 Å². The van der Waals surface area contributed by atoms with Gasteiger partial charge in [0, 0.05) is 19.4 Å². The predicted octanol–water partition coefficient (Wildman–Crippen LogP) is 1.37. The van der Waals surface area contributed by atoms with Gasteiger partial charge < -0.3 is 15.5 Å². The lowest BCUT2D eigenvalue weighted by atomic mass is 9.91. The van der Waals surface area contributed by atoms with Crippen LogP contribution in [0.1, 0.15) is 17.0 Å². The summed E-state index contributed by atoms with van der Waals surface area (Å²) >= 11 is 0. The third kappa shape index (κ3) is 2.65. The number of phenols is 2. The van der Waals surface area contributed by atoms with Crippen molar-refractivity contribution < 1.29 is 15.0 Å². The number of nitrogens with zero attached hydrogens (tertiary/aromatic N) is 1. The van der Waals surface area contributed by atoms with Crippen LogP contribution in [-0.2, 0) is 4.79 Å². The molecule has 1 aromatic heterocycles. The zero-order valence-electron chi connectivity index (χ0n) is 10.4. The highest BCUT2D eigenvalue weighted by atomic mass is 16.3. The predicted molar refractivity (Wildman–Crippen MR) is 69.9 cm³/mol. The van der Waals surface area contributed by atoms with E-state index in [2.05, 4.69) is 10.3 Å². The normalized spacial score (nSPS) is 11.8. The highest BCUT2D eigenvalue weighted by Gasteiger charge is 2.22. The molecule has 0 fully saturated rings. The van der Waals surface area contributed by atoms with Crippen molar-refractivity contribution in [3.05, 3.63) is 53.9 Å². The highest BCUT2D eigenvalue weighted by Crippen LogP contribution is 2.31. The second-order valence-electron chi connectivity index (χ2n) is 4.08. The Labute approximate surface area is 110 Å². The van der Waals surface area contributed by atoms with E-state index < -0.39 is 5.92 Å². The summed E-state index contributed by atoms with van der Waals surface area (Å²) in [6.45, 7) is 0. The molecule has 98 valence electrons. The van der Waals surface area contributed by atoms with Crippen molar-refractivity contribution in [2.45, 2.75) is 5.92 Å². The van der Waals surface area contributed by atoms with Crippen molar-refractivity contribution in [3.63, 3.8) is 0 Å². The van der Waals surface area contributed by atoms with Gasteiger partial charge in [0.25, 0.3) is 0 Å². The average molecular weight is 258 g/mol. The second-order valence-corrected chi connectivity index (χ2v) is 4.08. The molecule has 0 saturated carbocycles. The fourth-order valence-corrected chi connectivity index (χ4v) is 1.92. The zero-order chi connectivity index (χ0) is 13.8. The molecule has 19 heavy (non-hydrogen) atoms. The summed E-state index contributed by atoms with van der Waals surface area (Å²) < 4.78 is 0. The maximum Gasteiger partial charge on any atom is 0.231 e. The van der Waals surface area contributed by atoms with Crippen LogP contribution in [0.2, 0.25) is 0 Å². The molecule has 1 unspecified atom stereocenters. The van der Waals surface area contributed by atoms with Crippen molar-refractivity contribution in [1.82, 2.24) is 10.3 Å². The van der Waals surface area contributed by atoms with Gasteiger partial charge in [0.2, 0.25) is 5.91 Å². The monoisotopic (exact) mass is 258 g/mol. The van der Waals surface area contributed by atoms with E-state index in [9.17, 15) is 15.0 Å². The van der Waals surface area contributed by atoms with E-state index in [1.54, 1.807) is 37.6 Å². The Morgan fingerprint density at radius 2 is 1.79 bits per heavy atom. The first-order valence-corrected chi connectivity index (χ1v) is 5.77. The van der Waals surface area contributed by atoms with Crippen LogP contribution in [0.25, 0.3) is 0 Å². The SMILES string of the molecule is CNC(=O)C(c1ccncc1)c1ccc(O)c(O)c1. The van der Waals surface area contributed by atoms with Crippen molar-refractivity contribution in [3.8, 4) is 11.5 Å². The van der Waals surface area contributed by atoms with Gasteiger partial charge in [0.1, 0.15) is 0 Å². The molecular formula is C14H14N2O3. The first-order valence-electron chi connectivity index (χ1n) is 5.77. The molecule has 0 bridgehead atoms. The maximum atomic E-state index is 12.0. The fourth-order valence-electron chi connectivity index (χ4n) is 1.92. The van der Waals surface area contributed by atoms with E-state index in [0.29, 0.717) is 5.56 Å². The lowest BCUT2D eigenvalue weighted by molar-refractivity contribution is -0.121. The molecule has 0 saturated heterocycles. The number of aromatic nitrogens is 1. The molecule has 0 aliphatic carbocycles. The van der Waals surface area contributed by atoms with Gasteiger partial charge >= 0.3 is 0 Å². The minimum Gasteiger partial charge on any atom is -0.504 e. The van der Waals surface area contributed by atoms with E-state index in [1.807, 2.05) is 0 Å². The number of aromatic hydroxyl groups is 2.